The van der Waals surface area contributed by atoms with Crippen molar-refractivity contribution in [1.82, 2.24) is 6.15 Å². The minimum Gasteiger partial charge on any atom is -0.481 e. The van der Waals surface area contributed by atoms with Crippen LogP contribution in [0.3, 0.4) is 0 Å². The Hall–Kier alpha value is -0.610. The first-order valence-corrected chi connectivity index (χ1v) is 9.11. The van der Waals surface area contributed by atoms with E-state index in [2.05, 4.69) is 6.92 Å². The van der Waals surface area contributed by atoms with E-state index in [4.69, 9.17) is 9.84 Å². The number of ether oxygens (including phenoxy) is 1. The zero-order valence-corrected chi connectivity index (χ0v) is 14.8. The number of rotatable bonds is 15. The van der Waals surface area contributed by atoms with Gasteiger partial charge in [0.25, 0.3) is 0 Å². The fourth-order valence-corrected chi connectivity index (χ4v) is 2.96. The highest BCUT2D eigenvalue weighted by molar-refractivity contribution is 5.66. The Morgan fingerprint density at radius 3 is 1.77 bits per heavy atom. The van der Waals surface area contributed by atoms with Gasteiger partial charge in [0.15, 0.2) is 0 Å². The van der Waals surface area contributed by atoms with Crippen LogP contribution in [0.15, 0.2) is 0 Å². The molecule has 0 spiro atoms. The maximum Gasteiger partial charge on any atom is 0.303 e. The van der Waals surface area contributed by atoms with Crippen LogP contribution in [-0.4, -0.2) is 23.3 Å². The van der Waals surface area contributed by atoms with Crippen molar-refractivity contribution >= 4 is 5.97 Å². The number of aliphatic carboxylic acids is 1. The number of carbonyl (C=O) groups is 1. The lowest BCUT2D eigenvalue weighted by Gasteiger charge is -2.00. The number of hydrogen-bond donors (Lipinski definition) is 2. The maximum absolute atomic E-state index is 10.4. The van der Waals surface area contributed by atoms with Crippen LogP contribution in [0.1, 0.15) is 96.8 Å². The van der Waals surface area contributed by atoms with E-state index in [1.165, 1.54) is 70.6 Å². The Labute approximate surface area is 136 Å². The van der Waals surface area contributed by atoms with Crippen molar-refractivity contribution in [2.75, 3.05) is 0 Å². The van der Waals surface area contributed by atoms with E-state index < -0.39 is 5.97 Å². The lowest BCUT2D eigenvalue weighted by atomic mass is 10.0. The first-order chi connectivity index (χ1) is 10.2. The first-order valence-electron chi connectivity index (χ1n) is 9.11. The Morgan fingerprint density at radius 1 is 0.818 bits per heavy atom. The quantitative estimate of drug-likeness (QED) is 0.300. The smallest absolute Gasteiger partial charge is 0.303 e. The molecule has 0 aromatic rings. The number of carboxylic acid groups (broad SMARTS) is 1. The van der Waals surface area contributed by atoms with Gasteiger partial charge >= 0.3 is 5.97 Å². The number of unbranched alkanes of at least 4 members (excludes halogenated alkanes) is 9. The monoisotopic (exact) mass is 316 g/mol. The van der Waals surface area contributed by atoms with E-state index in [0.717, 1.165) is 12.8 Å². The molecule has 0 radical (unpaired) electrons. The topological polar surface area (TPSA) is 86.3 Å². The molecule has 0 aliphatic carbocycles. The molecular formula is C18H38NO3+. The standard InChI is InChI=1S/C18H34O3.H3N/c1-2-3-4-5-7-10-13-16-17(21-16)14-11-8-6-9-12-15-18(19)20;/h16-17H,2-15H2,1H3,(H,19,20);1H3/p+1. The third kappa shape index (κ3) is 12.0. The van der Waals surface area contributed by atoms with Gasteiger partial charge in [0, 0.05) is 6.42 Å². The lowest BCUT2D eigenvalue weighted by molar-refractivity contribution is -0.137. The molecular weight excluding hydrogens is 278 g/mol. The van der Waals surface area contributed by atoms with Crippen LogP contribution in [0.25, 0.3) is 0 Å². The van der Waals surface area contributed by atoms with Gasteiger partial charge in [0.05, 0.1) is 12.2 Å². The van der Waals surface area contributed by atoms with Gasteiger partial charge in [-0.05, 0) is 19.3 Å². The summed E-state index contributed by atoms with van der Waals surface area (Å²) in [6.45, 7) is 2.26. The number of hydrogen-bond acceptors (Lipinski definition) is 2. The summed E-state index contributed by atoms with van der Waals surface area (Å²) >= 11 is 0. The van der Waals surface area contributed by atoms with E-state index in [0.29, 0.717) is 18.6 Å². The molecule has 4 nitrogen and oxygen atoms in total. The molecule has 2 atom stereocenters. The van der Waals surface area contributed by atoms with Crippen molar-refractivity contribution in [1.29, 1.82) is 0 Å². The number of quaternary nitrogens is 1. The Morgan fingerprint density at radius 2 is 1.27 bits per heavy atom. The van der Waals surface area contributed by atoms with E-state index in [-0.39, 0.29) is 6.15 Å². The molecule has 22 heavy (non-hydrogen) atoms. The van der Waals surface area contributed by atoms with Crippen LogP contribution in [-0.2, 0) is 9.53 Å². The van der Waals surface area contributed by atoms with Gasteiger partial charge in [0.1, 0.15) is 0 Å². The first kappa shape index (κ1) is 21.4. The van der Waals surface area contributed by atoms with Crippen molar-refractivity contribution < 1.29 is 14.6 Å². The van der Waals surface area contributed by atoms with Crippen molar-refractivity contribution in [3.8, 4) is 0 Å². The second kappa shape index (κ2) is 14.0. The predicted molar refractivity (Wildman–Crippen MR) is 92.6 cm³/mol. The van der Waals surface area contributed by atoms with Crippen LogP contribution in [0.4, 0.5) is 0 Å². The summed E-state index contributed by atoms with van der Waals surface area (Å²) in [4.78, 5) is 10.4. The summed E-state index contributed by atoms with van der Waals surface area (Å²) in [6.07, 6.45) is 17.6. The molecule has 1 fully saturated rings. The van der Waals surface area contributed by atoms with Gasteiger partial charge in [-0.1, -0.05) is 71.1 Å². The third-order valence-electron chi connectivity index (χ3n) is 4.41. The SMILES string of the molecule is CCCCCCCCC1OC1CCCCCCCC(=O)O.[NH4+]. The molecule has 2 unspecified atom stereocenters. The second-order valence-corrected chi connectivity index (χ2v) is 6.47. The van der Waals surface area contributed by atoms with Crippen LogP contribution in [0.2, 0.25) is 0 Å². The Bertz CT molecular complexity index is 271. The molecule has 5 N–H and O–H groups in total. The number of epoxide rings is 1. The minimum absolute atomic E-state index is 0. The average Bonchev–Trinajstić information content (AvgIpc) is 3.20. The highest BCUT2D eigenvalue weighted by Crippen LogP contribution is 2.31. The number of carboxylic acids is 1. The van der Waals surface area contributed by atoms with E-state index >= 15 is 0 Å². The molecule has 0 amide bonds. The van der Waals surface area contributed by atoms with Gasteiger partial charge in [-0.3, -0.25) is 4.79 Å². The summed E-state index contributed by atoms with van der Waals surface area (Å²) in [6, 6.07) is 0. The molecule has 0 bridgehead atoms. The van der Waals surface area contributed by atoms with Crippen molar-refractivity contribution in [3.05, 3.63) is 0 Å². The van der Waals surface area contributed by atoms with Gasteiger partial charge < -0.3 is 16.0 Å². The molecule has 1 saturated heterocycles. The second-order valence-electron chi connectivity index (χ2n) is 6.47. The van der Waals surface area contributed by atoms with E-state index in [1.54, 1.807) is 0 Å². The molecule has 0 aromatic heterocycles. The van der Waals surface area contributed by atoms with Crippen LogP contribution in [0, 0.1) is 0 Å². The van der Waals surface area contributed by atoms with Gasteiger partial charge in [-0.15, -0.1) is 0 Å². The third-order valence-corrected chi connectivity index (χ3v) is 4.41. The van der Waals surface area contributed by atoms with Gasteiger partial charge in [-0.25, -0.2) is 0 Å². The highest BCUT2D eigenvalue weighted by atomic mass is 16.6. The minimum atomic E-state index is -0.668. The molecule has 1 rings (SSSR count). The molecule has 132 valence electrons. The fraction of sp³-hybridized carbons (Fsp3) is 0.944. The summed E-state index contributed by atoms with van der Waals surface area (Å²) in [5.74, 6) is -0.668. The molecule has 1 aliphatic rings. The average molecular weight is 317 g/mol. The van der Waals surface area contributed by atoms with Crippen molar-refractivity contribution in [2.45, 2.75) is 109 Å². The predicted octanol–water partition coefficient (Wildman–Crippen LogP) is 5.70. The maximum atomic E-state index is 10.4. The van der Waals surface area contributed by atoms with Crippen molar-refractivity contribution in [3.63, 3.8) is 0 Å². The van der Waals surface area contributed by atoms with E-state index in [9.17, 15) is 4.79 Å². The Balaban J connectivity index is 0.00000441. The normalized spacial score (nSPS) is 19.7. The van der Waals surface area contributed by atoms with Gasteiger partial charge in [-0.2, -0.15) is 0 Å². The Kier molecular flexibility index (Phi) is 13.6. The summed E-state index contributed by atoms with van der Waals surface area (Å²) < 4.78 is 5.73. The van der Waals surface area contributed by atoms with Crippen LogP contribution < -0.4 is 6.15 Å². The molecule has 0 aromatic carbocycles. The van der Waals surface area contributed by atoms with Crippen LogP contribution >= 0.6 is 0 Å². The van der Waals surface area contributed by atoms with E-state index in [1.807, 2.05) is 0 Å². The molecule has 1 aliphatic heterocycles. The van der Waals surface area contributed by atoms with Gasteiger partial charge in [0.2, 0.25) is 0 Å². The van der Waals surface area contributed by atoms with Crippen LogP contribution in [0.5, 0.6) is 0 Å². The molecule has 4 heteroatoms. The lowest BCUT2D eigenvalue weighted by Crippen LogP contribution is -1.95. The largest absolute Gasteiger partial charge is 0.481 e. The molecule has 0 saturated carbocycles. The summed E-state index contributed by atoms with van der Waals surface area (Å²) in [5.41, 5.74) is 0. The highest BCUT2D eigenvalue weighted by Gasteiger charge is 2.36. The van der Waals surface area contributed by atoms with Crippen molar-refractivity contribution in [2.24, 2.45) is 0 Å². The zero-order valence-electron chi connectivity index (χ0n) is 14.8. The zero-order chi connectivity index (χ0) is 15.3. The fourth-order valence-electron chi connectivity index (χ4n) is 2.96. The molecule has 1 heterocycles. The summed E-state index contributed by atoms with van der Waals surface area (Å²) in [7, 11) is 0. The summed E-state index contributed by atoms with van der Waals surface area (Å²) in [5, 5.41) is 8.54.